The molecule has 0 amide bonds. The molecule has 0 radical (unpaired) electrons. The molecule has 20 heavy (non-hydrogen) atoms. The van der Waals surface area contributed by atoms with Gasteiger partial charge in [0.1, 0.15) is 0 Å². The van der Waals surface area contributed by atoms with Gasteiger partial charge in [-0.1, -0.05) is 5.16 Å². The summed E-state index contributed by atoms with van der Waals surface area (Å²) in [6.07, 6.45) is 1.55. The predicted octanol–water partition coefficient (Wildman–Crippen LogP) is 3.56. The minimum absolute atomic E-state index is 0.154. The summed E-state index contributed by atoms with van der Waals surface area (Å²) in [7, 11) is 1.53. The number of benzene rings is 1. The van der Waals surface area contributed by atoms with E-state index in [1.54, 1.807) is 18.4 Å². The molecule has 1 aromatic carbocycles. The van der Waals surface area contributed by atoms with Gasteiger partial charge in [0, 0.05) is 21.5 Å². The highest BCUT2D eigenvalue weighted by Crippen LogP contribution is 2.40. The van der Waals surface area contributed by atoms with Crippen molar-refractivity contribution >= 4 is 32.9 Å². The summed E-state index contributed by atoms with van der Waals surface area (Å²) < 4.78 is 16.4. The van der Waals surface area contributed by atoms with Crippen LogP contribution in [0.25, 0.3) is 22.3 Å². The van der Waals surface area contributed by atoms with Gasteiger partial charge in [0.25, 0.3) is 0 Å². The summed E-state index contributed by atoms with van der Waals surface area (Å²) in [6.45, 7) is 0. The normalized spacial score (nSPS) is 10.9. The van der Waals surface area contributed by atoms with Gasteiger partial charge in [-0.05, 0) is 28.1 Å². The molecule has 1 N–H and O–H groups in total. The van der Waals surface area contributed by atoms with E-state index in [1.165, 1.54) is 13.2 Å². The van der Waals surface area contributed by atoms with Gasteiger partial charge in [-0.3, -0.25) is 0 Å². The average Bonchev–Trinajstić information content (AvgIpc) is 3.08. The molecule has 6 nitrogen and oxygen atoms in total. The lowest BCUT2D eigenvalue weighted by molar-refractivity contribution is 0.0686. The Hall–Kier alpha value is -2.28. The van der Waals surface area contributed by atoms with Crippen molar-refractivity contribution in [2.75, 3.05) is 7.11 Å². The van der Waals surface area contributed by atoms with Crippen molar-refractivity contribution in [3.8, 4) is 17.1 Å². The molecule has 0 spiro atoms. The molecule has 102 valence electrons. The number of carbonyl (C=O) groups is 1. The summed E-state index contributed by atoms with van der Waals surface area (Å²) in [5, 5.41) is 13.2. The van der Waals surface area contributed by atoms with Crippen LogP contribution in [0.4, 0.5) is 0 Å². The van der Waals surface area contributed by atoms with Crippen molar-refractivity contribution < 1.29 is 23.6 Å². The van der Waals surface area contributed by atoms with Gasteiger partial charge < -0.3 is 18.8 Å². The van der Waals surface area contributed by atoms with E-state index in [4.69, 9.17) is 18.8 Å². The smallest absolute Gasteiger partial charge is 0.358 e. The van der Waals surface area contributed by atoms with E-state index >= 15 is 0 Å². The van der Waals surface area contributed by atoms with Crippen LogP contribution in [-0.2, 0) is 0 Å². The number of carboxylic acids is 1. The maximum absolute atomic E-state index is 10.9. The van der Waals surface area contributed by atoms with Crippen LogP contribution in [0.1, 0.15) is 10.5 Å². The van der Waals surface area contributed by atoms with Crippen LogP contribution in [0.5, 0.6) is 5.75 Å². The number of nitrogens with zero attached hydrogens (tertiary/aromatic N) is 1. The molecule has 0 aliphatic rings. The minimum Gasteiger partial charge on any atom is -0.493 e. The van der Waals surface area contributed by atoms with Gasteiger partial charge in [-0.15, -0.1) is 0 Å². The Morgan fingerprint density at radius 3 is 2.90 bits per heavy atom. The largest absolute Gasteiger partial charge is 0.493 e. The fraction of sp³-hybridized carbons (Fsp3) is 0.0769. The SMILES string of the molecule is COc1cc(-c2cc(C(=O)O)no2)c(Br)c2ccoc12. The van der Waals surface area contributed by atoms with E-state index in [1.807, 2.05) is 0 Å². The van der Waals surface area contributed by atoms with Gasteiger partial charge in [0.2, 0.25) is 0 Å². The standard InChI is InChI=1S/C13H8BrNO5/c1-18-10-4-7(9-5-8(13(16)17)15-20-9)11(14)6-2-3-19-12(6)10/h2-5H,1H3,(H,16,17). The Morgan fingerprint density at radius 2 is 2.25 bits per heavy atom. The van der Waals surface area contributed by atoms with E-state index in [0.29, 0.717) is 22.7 Å². The molecule has 0 bridgehead atoms. The number of fused-ring (bicyclic) bond motifs is 1. The van der Waals surface area contributed by atoms with Gasteiger partial charge in [0.05, 0.1) is 13.4 Å². The summed E-state index contributed by atoms with van der Waals surface area (Å²) in [4.78, 5) is 10.9. The Morgan fingerprint density at radius 1 is 1.45 bits per heavy atom. The number of hydrogen-bond acceptors (Lipinski definition) is 5. The van der Waals surface area contributed by atoms with E-state index in [2.05, 4.69) is 21.1 Å². The third-order valence-electron chi connectivity index (χ3n) is 2.85. The molecular formula is C13H8BrNO5. The number of aromatic nitrogens is 1. The van der Waals surface area contributed by atoms with Crippen LogP contribution < -0.4 is 4.74 Å². The Balaban J connectivity index is 2.24. The van der Waals surface area contributed by atoms with Crippen LogP contribution in [0.3, 0.4) is 0 Å². The maximum Gasteiger partial charge on any atom is 0.358 e. The number of rotatable bonds is 3. The number of hydrogen-bond donors (Lipinski definition) is 1. The van der Waals surface area contributed by atoms with Crippen LogP contribution >= 0.6 is 15.9 Å². The van der Waals surface area contributed by atoms with Gasteiger partial charge >= 0.3 is 5.97 Å². The lowest BCUT2D eigenvalue weighted by Gasteiger charge is -2.06. The van der Waals surface area contributed by atoms with Crippen molar-refractivity contribution in [3.05, 3.63) is 34.6 Å². The fourth-order valence-electron chi connectivity index (χ4n) is 1.91. The molecule has 3 rings (SSSR count). The highest BCUT2D eigenvalue weighted by atomic mass is 79.9. The van der Waals surface area contributed by atoms with E-state index in [0.717, 1.165) is 9.86 Å². The van der Waals surface area contributed by atoms with E-state index in [9.17, 15) is 4.79 Å². The fourth-order valence-corrected chi connectivity index (χ4v) is 2.53. The molecular weight excluding hydrogens is 330 g/mol. The third-order valence-corrected chi connectivity index (χ3v) is 3.71. The molecule has 0 atom stereocenters. The Labute approximate surface area is 121 Å². The quantitative estimate of drug-likeness (QED) is 0.786. The molecule has 3 aromatic rings. The van der Waals surface area contributed by atoms with E-state index < -0.39 is 5.97 Å². The molecule has 2 heterocycles. The number of furan rings is 1. The number of carboxylic acid groups (broad SMARTS) is 1. The van der Waals surface area contributed by atoms with Gasteiger partial charge in [0.15, 0.2) is 22.8 Å². The highest BCUT2D eigenvalue weighted by Gasteiger charge is 2.19. The Bertz CT molecular complexity index is 804. The summed E-state index contributed by atoms with van der Waals surface area (Å²) >= 11 is 3.46. The first kappa shape index (κ1) is 12.7. The van der Waals surface area contributed by atoms with Gasteiger partial charge in [-0.2, -0.15) is 0 Å². The van der Waals surface area contributed by atoms with Crippen molar-refractivity contribution in [2.24, 2.45) is 0 Å². The minimum atomic E-state index is -1.15. The zero-order valence-corrected chi connectivity index (χ0v) is 11.8. The second kappa shape index (κ2) is 4.68. The molecule has 2 aromatic heterocycles. The first-order valence-corrected chi connectivity index (χ1v) is 6.35. The molecule has 0 saturated carbocycles. The van der Waals surface area contributed by atoms with Gasteiger partial charge in [-0.25, -0.2) is 4.79 Å². The van der Waals surface area contributed by atoms with Crippen LogP contribution in [-0.4, -0.2) is 23.3 Å². The molecule has 0 aliphatic heterocycles. The van der Waals surface area contributed by atoms with Crippen molar-refractivity contribution in [1.29, 1.82) is 0 Å². The zero-order valence-electron chi connectivity index (χ0n) is 10.2. The lowest BCUT2D eigenvalue weighted by Crippen LogP contribution is -1.94. The molecule has 0 unspecified atom stereocenters. The average molecular weight is 338 g/mol. The van der Waals surface area contributed by atoms with Crippen molar-refractivity contribution in [2.45, 2.75) is 0 Å². The van der Waals surface area contributed by atoms with Crippen LogP contribution in [0.2, 0.25) is 0 Å². The zero-order chi connectivity index (χ0) is 14.3. The third kappa shape index (κ3) is 1.87. The highest BCUT2D eigenvalue weighted by molar-refractivity contribution is 9.10. The summed E-state index contributed by atoms with van der Waals surface area (Å²) in [5.74, 6) is -0.292. The first-order chi connectivity index (χ1) is 9.61. The van der Waals surface area contributed by atoms with Crippen molar-refractivity contribution in [3.63, 3.8) is 0 Å². The second-order valence-electron chi connectivity index (χ2n) is 3.99. The summed E-state index contributed by atoms with van der Waals surface area (Å²) in [5.41, 5.74) is 1.08. The number of halogens is 1. The van der Waals surface area contributed by atoms with Crippen LogP contribution in [0, 0.1) is 0 Å². The molecule has 0 aliphatic carbocycles. The lowest BCUT2D eigenvalue weighted by atomic mass is 10.1. The number of methoxy groups -OCH3 is 1. The summed E-state index contributed by atoms with van der Waals surface area (Å²) in [6, 6.07) is 4.83. The number of ether oxygens (including phenoxy) is 1. The van der Waals surface area contributed by atoms with Crippen LogP contribution in [0.15, 0.2) is 37.9 Å². The first-order valence-electron chi connectivity index (χ1n) is 5.56. The molecule has 7 heteroatoms. The van der Waals surface area contributed by atoms with Crippen molar-refractivity contribution in [1.82, 2.24) is 5.16 Å². The maximum atomic E-state index is 10.9. The number of aromatic carboxylic acids is 1. The molecule has 0 saturated heterocycles. The topological polar surface area (TPSA) is 85.7 Å². The predicted molar refractivity (Wildman–Crippen MR) is 72.9 cm³/mol. The second-order valence-corrected chi connectivity index (χ2v) is 4.78. The van der Waals surface area contributed by atoms with E-state index in [-0.39, 0.29) is 5.69 Å². The monoisotopic (exact) mass is 337 g/mol. The Kier molecular flexibility index (Phi) is 2.98. The molecule has 0 fully saturated rings.